The van der Waals surface area contributed by atoms with E-state index in [1.165, 1.54) is 10.9 Å². The summed E-state index contributed by atoms with van der Waals surface area (Å²) in [5, 5.41) is 6.38. The number of alkyl halides is 5. The summed E-state index contributed by atoms with van der Waals surface area (Å²) >= 11 is 6.50. The molecule has 40 heavy (non-hydrogen) atoms. The number of carbonyl (C=O) groups excluding carboxylic acids is 1. The number of nitrogens with zero attached hydrogens (tertiary/aromatic N) is 3. The lowest BCUT2D eigenvalue weighted by Gasteiger charge is -2.27. The van der Waals surface area contributed by atoms with Gasteiger partial charge in [0.2, 0.25) is 0 Å². The van der Waals surface area contributed by atoms with Crippen LogP contribution >= 0.6 is 11.6 Å². The van der Waals surface area contributed by atoms with Crippen LogP contribution in [0.3, 0.4) is 0 Å². The zero-order valence-electron chi connectivity index (χ0n) is 22.5. The van der Waals surface area contributed by atoms with Gasteiger partial charge in [0.05, 0.1) is 10.7 Å². The lowest BCUT2D eigenvalue weighted by atomic mass is 9.85. The maximum Gasteiger partial charge on any atom is 0.394 e. The van der Waals surface area contributed by atoms with Crippen LogP contribution in [0, 0.1) is 11.3 Å². The Morgan fingerprint density at radius 1 is 1.23 bits per heavy atom. The largest absolute Gasteiger partial charge is 0.432 e. The van der Waals surface area contributed by atoms with Crippen LogP contribution in [0.1, 0.15) is 62.5 Å². The van der Waals surface area contributed by atoms with Crippen LogP contribution in [0.2, 0.25) is 5.02 Å². The fourth-order valence-corrected chi connectivity index (χ4v) is 6.12. The lowest BCUT2D eigenvalue weighted by molar-refractivity contribution is -0.211. The predicted octanol–water partition coefficient (Wildman–Crippen LogP) is 5.68. The Hall–Kier alpha value is -2.48. The fourth-order valence-electron chi connectivity index (χ4n) is 4.68. The Morgan fingerprint density at radius 2 is 1.85 bits per heavy atom. The molecule has 0 bridgehead atoms. The van der Waals surface area contributed by atoms with Gasteiger partial charge in [0, 0.05) is 25.5 Å². The Balaban J connectivity index is 1.86. The first-order valence-corrected chi connectivity index (χ1v) is 15.0. The molecule has 224 valence electrons. The zero-order valence-corrected chi connectivity index (χ0v) is 24.1. The van der Waals surface area contributed by atoms with Crippen molar-refractivity contribution in [3.8, 4) is 17.1 Å². The molecule has 2 aromatic rings. The van der Waals surface area contributed by atoms with Crippen molar-refractivity contribution in [3.05, 3.63) is 28.5 Å². The number of pyridine rings is 1. The second-order valence-electron chi connectivity index (χ2n) is 10.6. The Bertz CT molecular complexity index is 1320. The van der Waals surface area contributed by atoms with Gasteiger partial charge in [-0.05, 0) is 56.6 Å². The van der Waals surface area contributed by atoms with Crippen molar-refractivity contribution in [1.29, 1.82) is 0 Å². The van der Waals surface area contributed by atoms with Crippen LogP contribution in [-0.4, -0.2) is 59.9 Å². The SMILES string of the molecule is CCn1nc(C(=O)NCC2CCC(S(C)(=O)=O)CC2)c(Cl)c1-c1ncc(CC(C)(C)C(F)(F)F)cc1OC(F)F. The van der Waals surface area contributed by atoms with E-state index in [2.05, 4.69) is 20.1 Å². The van der Waals surface area contributed by atoms with Crippen molar-refractivity contribution in [2.75, 3.05) is 12.8 Å². The summed E-state index contributed by atoms with van der Waals surface area (Å²) < 4.78 is 96.1. The first-order valence-electron chi connectivity index (χ1n) is 12.7. The molecule has 15 heteroatoms. The molecule has 3 rings (SSSR count). The Kier molecular flexibility index (Phi) is 9.75. The summed E-state index contributed by atoms with van der Waals surface area (Å²) in [6, 6.07) is 1.05. The number of amides is 1. The molecule has 0 aromatic carbocycles. The molecular formula is C25H32ClF5N4O4S. The van der Waals surface area contributed by atoms with Gasteiger partial charge in [-0.15, -0.1) is 0 Å². The third kappa shape index (κ3) is 7.42. The number of ether oxygens (including phenoxy) is 1. The highest BCUT2D eigenvalue weighted by Crippen LogP contribution is 2.42. The summed E-state index contributed by atoms with van der Waals surface area (Å²) in [7, 11) is -3.12. The standard InChI is InChI=1S/C25H32ClF5N4O4S/c1-5-35-21(19-17(39-23(27)28)10-15(13-32-19)11-24(2,3)25(29,30)31)18(26)20(34-35)22(36)33-12-14-6-8-16(9-7-14)40(4,37)38/h10,13-14,16,23H,5-9,11-12H2,1-4H3,(H,33,36). The monoisotopic (exact) mass is 614 g/mol. The van der Waals surface area contributed by atoms with E-state index in [4.69, 9.17) is 11.6 Å². The van der Waals surface area contributed by atoms with Crippen molar-refractivity contribution in [2.45, 2.75) is 77.5 Å². The molecule has 1 N–H and O–H groups in total. The Morgan fingerprint density at radius 3 is 2.38 bits per heavy atom. The number of rotatable bonds is 10. The second-order valence-corrected chi connectivity index (χ2v) is 13.3. The van der Waals surface area contributed by atoms with Crippen molar-refractivity contribution in [1.82, 2.24) is 20.1 Å². The quantitative estimate of drug-likeness (QED) is 0.345. The first kappa shape index (κ1) is 32.0. The van der Waals surface area contributed by atoms with Crippen LogP contribution in [0.15, 0.2) is 12.3 Å². The number of hydrogen-bond acceptors (Lipinski definition) is 6. The summed E-state index contributed by atoms with van der Waals surface area (Å²) in [6.45, 7) is 0.768. The molecule has 1 saturated carbocycles. The molecule has 1 amide bonds. The average molecular weight is 615 g/mol. The van der Waals surface area contributed by atoms with E-state index in [0.717, 1.165) is 26.1 Å². The third-order valence-electron chi connectivity index (χ3n) is 7.12. The van der Waals surface area contributed by atoms with E-state index in [-0.39, 0.29) is 51.9 Å². The van der Waals surface area contributed by atoms with Crippen LogP contribution in [0.25, 0.3) is 11.4 Å². The summed E-state index contributed by atoms with van der Waals surface area (Å²) in [5.41, 5.74) is -2.53. The number of sulfone groups is 1. The van der Waals surface area contributed by atoms with Crippen molar-refractivity contribution < 1.29 is 39.9 Å². The maximum atomic E-state index is 13.4. The van der Waals surface area contributed by atoms with E-state index in [0.29, 0.717) is 25.7 Å². The van der Waals surface area contributed by atoms with Gasteiger partial charge in [0.15, 0.2) is 11.4 Å². The number of halogens is 6. The number of carbonyl (C=O) groups is 1. The fraction of sp³-hybridized carbons (Fsp3) is 0.640. The van der Waals surface area contributed by atoms with E-state index < -0.39 is 46.1 Å². The first-order chi connectivity index (χ1) is 18.4. The van der Waals surface area contributed by atoms with Gasteiger partial charge in [0.1, 0.15) is 26.2 Å². The number of aromatic nitrogens is 3. The molecular weight excluding hydrogens is 583 g/mol. The molecule has 1 aliphatic carbocycles. The van der Waals surface area contributed by atoms with Gasteiger partial charge in [-0.3, -0.25) is 14.5 Å². The highest BCUT2D eigenvalue weighted by molar-refractivity contribution is 7.91. The number of hydrogen-bond donors (Lipinski definition) is 1. The second kappa shape index (κ2) is 12.2. The summed E-state index contributed by atoms with van der Waals surface area (Å²) in [5.74, 6) is -1.06. The molecule has 1 fully saturated rings. The molecule has 2 heterocycles. The molecule has 2 aromatic heterocycles. The van der Waals surface area contributed by atoms with Crippen LogP contribution in [0.4, 0.5) is 22.0 Å². The maximum absolute atomic E-state index is 13.4. The highest BCUT2D eigenvalue weighted by atomic mass is 35.5. The van der Waals surface area contributed by atoms with Crippen LogP contribution in [0.5, 0.6) is 5.75 Å². The van der Waals surface area contributed by atoms with Crippen LogP contribution < -0.4 is 10.1 Å². The minimum Gasteiger partial charge on any atom is -0.432 e. The van der Waals surface area contributed by atoms with Crippen LogP contribution in [-0.2, 0) is 22.8 Å². The van der Waals surface area contributed by atoms with Crippen molar-refractivity contribution in [3.63, 3.8) is 0 Å². The van der Waals surface area contributed by atoms with Gasteiger partial charge in [-0.25, -0.2) is 8.42 Å². The molecule has 0 saturated heterocycles. The minimum atomic E-state index is -4.55. The lowest BCUT2D eigenvalue weighted by Crippen LogP contribution is -2.34. The molecule has 8 nitrogen and oxygen atoms in total. The highest BCUT2D eigenvalue weighted by Gasteiger charge is 2.47. The molecule has 0 atom stereocenters. The van der Waals surface area contributed by atoms with E-state index in [9.17, 15) is 35.2 Å². The van der Waals surface area contributed by atoms with E-state index in [1.807, 2.05) is 0 Å². The van der Waals surface area contributed by atoms with E-state index in [1.54, 1.807) is 6.92 Å². The topological polar surface area (TPSA) is 103 Å². The summed E-state index contributed by atoms with van der Waals surface area (Å²) in [6.07, 6.45) is -0.498. The predicted molar refractivity (Wildman–Crippen MR) is 139 cm³/mol. The van der Waals surface area contributed by atoms with Crippen molar-refractivity contribution in [2.24, 2.45) is 11.3 Å². The van der Waals surface area contributed by atoms with Gasteiger partial charge < -0.3 is 10.1 Å². The zero-order chi connectivity index (χ0) is 30.0. The minimum absolute atomic E-state index is 0.000240. The molecule has 0 unspecified atom stereocenters. The normalized spacial score (nSPS) is 18.7. The van der Waals surface area contributed by atoms with E-state index >= 15 is 0 Å². The van der Waals surface area contributed by atoms with Crippen molar-refractivity contribution >= 4 is 27.3 Å². The van der Waals surface area contributed by atoms with Gasteiger partial charge in [0.25, 0.3) is 5.91 Å². The molecule has 0 radical (unpaired) electrons. The van der Waals surface area contributed by atoms with Gasteiger partial charge in [-0.2, -0.15) is 27.1 Å². The average Bonchev–Trinajstić information content (AvgIpc) is 3.17. The number of nitrogens with one attached hydrogen (secondary N) is 1. The molecule has 1 aliphatic rings. The number of aryl methyl sites for hydroxylation is 1. The Labute approximate surface area is 234 Å². The van der Waals surface area contributed by atoms with Gasteiger partial charge >= 0.3 is 12.8 Å². The third-order valence-corrected chi connectivity index (χ3v) is 9.16. The van der Waals surface area contributed by atoms with Gasteiger partial charge in [-0.1, -0.05) is 25.4 Å². The molecule has 0 spiro atoms. The smallest absolute Gasteiger partial charge is 0.394 e. The summed E-state index contributed by atoms with van der Waals surface area (Å²) in [4.78, 5) is 17.1. The molecule has 0 aliphatic heterocycles.